The summed E-state index contributed by atoms with van der Waals surface area (Å²) in [5.41, 5.74) is 2.50. The predicted molar refractivity (Wildman–Crippen MR) is 122 cm³/mol. The molecule has 0 saturated carbocycles. The van der Waals surface area contributed by atoms with E-state index < -0.39 is 0 Å². The highest BCUT2D eigenvalue weighted by atomic mass is 16.5. The van der Waals surface area contributed by atoms with E-state index in [1.165, 1.54) is 61.7 Å². The van der Waals surface area contributed by atoms with Gasteiger partial charge in [-0.2, -0.15) is 0 Å². The van der Waals surface area contributed by atoms with Gasteiger partial charge in [0.1, 0.15) is 0 Å². The van der Waals surface area contributed by atoms with Gasteiger partial charge in [-0.3, -0.25) is 4.79 Å². The van der Waals surface area contributed by atoms with Gasteiger partial charge in [-0.25, -0.2) is 0 Å². The molecule has 0 bridgehead atoms. The van der Waals surface area contributed by atoms with Crippen LogP contribution in [0, 0.1) is 5.92 Å². The number of benzene rings is 1. The Hall–Kier alpha value is -1.85. The fourth-order valence-electron chi connectivity index (χ4n) is 5.62. The van der Waals surface area contributed by atoms with Gasteiger partial charge in [0.25, 0.3) is 0 Å². The number of aromatic nitrogens is 1. The van der Waals surface area contributed by atoms with E-state index in [1.54, 1.807) is 7.11 Å². The predicted octanol–water partition coefficient (Wildman–Crippen LogP) is 3.85. The van der Waals surface area contributed by atoms with E-state index in [2.05, 4.69) is 51.9 Å². The highest BCUT2D eigenvalue weighted by molar-refractivity contribution is 5.85. The van der Waals surface area contributed by atoms with Crippen LogP contribution in [0.4, 0.5) is 0 Å². The van der Waals surface area contributed by atoms with Gasteiger partial charge in [-0.1, -0.05) is 24.6 Å². The lowest BCUT2D eigenvalue weighted by atomic mass is 9.83. The van der Waals surface area contributed by atoms with Gasteiger partial charge in [0.15, 0.2) is 0 Å². The minimum absolute atomic E-state index is 0.271. The summed E-state index contributed by atoms with van der Waals surface area (Å²) in [7, 11) is 3.81. The highest BCUT2D eigenvalue weighted by Crippen LogP contribution is 2.31. The molecule has 2 unspecified atom stereocenters. The fraction of sp³-hybridized carbons (Fsp3) is 0.640. The summed E-state index contributed by atoms with van der Waals surface area (Å²) in [6.07, 6.45) is 10.0. The van der Waals surface area contributed by atoms with Crippen molar-refractivity contribution < 1.29 is 9.53 Å². The Morgan fingerprint density at radius 2 is 2.00 bits per heavy atom. The standard InChI is InChI=1S/C25H37N3O2/c1-26-18-20(22-9-3-4-11-24(22)26)12-13-25(29)28(16-17-30-2)19-21-8-7-15-27-14-6-5-10-23(21)27/h3-4,9,11,18,21,23H,5-8,10,12-17,19H2,1-2H3. The van der Waals surface area contributed by atoms with Crippen LogP contribution in [-0.4, -0.2) is 66.2 Å². The average molecular weight is 412 g/mol. The van der Waals surface area contributed by atoms with E-state index in [1.807, 2.05) is 0 Å². The Bertz CT molecular complexity index is 844. The number of piperidine rings is 2. The van der Waals surface area contributed by atoms with Crippen molar-refractivity contribution in [3.8, 4) is 0 Å². The number of carbonyl (C=O) groups excluding carboxylic acids is 1. The van der Waals surface area contributed by atoms with Gasteiger partial charge < -0.3 is 19.1 Å². The van der Waals surface area contributed by atoms with Crippen LogP contribution in [0.5, 0.6) is 0 Å². The minimum atomic E-state index is 0.271. The summed E-state index contributed by atoms with van der Waals surface area (Å²) in [5.74, 6) is 0.880. The van der Waals surface area contributed by atoms with Crippen molar-refractivity contribution in [2.24, 2.45) is 13.0 Å². The molecule has 0 radical (unpaired) electrons. The molecule has 2 atom stereocenters. The topological polar surface area (TPSA) is 37.7 Å². The van der Waals surface area contributed by atoms with Crippen LogP contribution in [0.3, 0.4) is 0 Å². The molecule has 164 valence electrons. The Balaban J connectivity index is 1.41. The normalized spacial score (nSPS) is 22.2. The number of aryl methyl sites for hydroxylation is 2. The first-order valence-corrected chi connectivity index (χ1v) is 11.7. The number of nitrogens with zero attached hydrogens (tertiary/aromatic N) is 3. The maximum absolute atomic E-state index is 13.2. The van der Waals surface area contributed by atoms with E-state index in [4.69, 9.17) is 4.74 Å². The molecule has 30 heavy (non-hydrogen) atoms. The van der Waals surface area contributed by atoms with E-state index in [0.29, 0.717) is 31.5 Å². The van der Waals surface area contributed by atoms with Crippen molar-refractivity contribution in [1.29, 1.82) is 0 Å². The van der Waals surface area contributed by atoms with Crippen LogP contribution in [0.1, 0.15) is 44.1 Å². The van der Waals surface area contributed by atoms with Gasteiger partial charge >= 0.3 is 0 Å². The maximum Gasteiger partial charge on any atom is 0.222 e. The minimum Gasteiger partial charge on any atom is -0.383 e. The van der Waals surface area contributed by atoms with E-state index in [0.717, 1.165) is 13.0 Å². The van der Waals surface area contributed by atoms with Crippen LogP contribution >= 0.6 is 0 Å². The zero-order valence-electron chi connectivity index (χ0n) is 18.7. The third kappa shape index (κ3) is 4.73. The van der Waals surface area contributed by atoms with Gasteiger partial charge in [-0.15, -0.1) is 0 Å². The third-order valence-corrected chi connectivity index (χ3v) is 7.19. The molecule has 0 spiro atoms. The van der Waals surface area contributed by atoms with Crippen LogP contribution < -0.4 is 0 Å². The Labute approximate surface area is 181 Å². The van der Waals surface area contributed by atoms with Crippen LogP contribution in [0.2, 0.25) is 0 Å². The molecule has 0 N–H and O–H groups in total. The first-order valence-electron chi connectivity index (χ1n) is 11.7. The number of para-hydroxylation sites is 1. The van der Waals surface area contributed by atoms with Crippen molar-refractivity contribution in [2.75, 3.05) is 39.9 Å². The molecular weight excluding hydrogens is 374 g/mol. The molecule has 5 heteroatoms. The molecule has 2 fully saturated rings. The lowest BCUT2D eigenvalue weighted by Gasteiger charge is -2.45. The molecule has 2 aromatic rings. The zero-order valence-corrected chi connectivity index (χ0v) is 18.7. The molecule has 0 aliphatic carbocycles. The van der Waals surface area contributed by atoms with Crippen LogP contribution in [-0.2, 0) is 23.0 Å². The second kappa shape index (κ2) is 9.97. The van der Waals surface area contributed by atoms with Gasteiger partial charge in [0, 0.05) is 56.8 Å². The van der Waals surface area contributed by atoms with E-state index in [9.17, 15) is 4.79 Å². The summed E-state index contributed by atoms with van der Waals surface area (Å²) in [6.45, 7) is 4.69. The lowest BCUT2D eigenvalue weighted by molar-refractivity contribution is -0.133. The Morgan fingerprint density at radius 1 is 1.17 bits per heavy atom. The first kappa shape index (κ1) is 21.4. The average Bonchev–Trinajstić information content (AvgIpc) is 3.11. The van der Waals surface area contributed by atoms with Crippen molar-refractivity contribution in [2.45, 2.75) is 51.0 Å². The number of amides is 1. The summed E-state index contributed by atoms with van der Waals surface area (Å²) in [6, 6.07) is 9.13. The number of rotatable bonds is 8. The summed E-state index contributed by atoms with van der Waals surface area (Å²) in [5, 5.41) is 1.27. The second-order valence-electron chi connectivity index (χ2n) is 9.12. The number of carbonyl (C=O) groups is 1. The lowest BCUT2D eigenvalue weighted by Crippen LogP contribution is -2.52. The highest BCUT2D eigenvalue weighted by Gasteiger charge is 2.34. The molecule has 2 saturated heterocycles. The zero-order chi connectivity index (χ0) is 20.9. The second-order valence-corrected chi connectivity index (χ2v) is 9.12. The molecule has 1 aromatic carbocycles. The fourth-order valence-corrected chi connectivity index (χ4v) is 5.62. The maximum atomic E-state index is 13.2. The quantitative estimate of drug-likeness (QED) is 0.662. The molecule has 2 aliphatic heterocycles. The number of ether oxygens (including phenoxy) is 1. The largest absolute Gasteiger partial charge is 0.383 e. The molecule has 1 amide bonds. The molecule has 5 nitrogen and oxygen atoms in total. The van der Waals surface area contributed by atoms with E-state index in [-0.39, 0.29) is 5.91 Å². The van der Waals surface area contributed by atoms with Crippen molar-refractivity contribution >= 4 is 16.8 Å². The van der Waals surface area contributed by atoms with E-state index >= 15 is 0 Å². The number of hydrogen-bond acceptors (Lipinski definition) is 3. The summed E-state index contributed by atoms with van der Waals surface area (Å²) in [4.78, 5) is 18.0. The van der Waals surface area contributed by atoms with Crippen LogP contribution in [0.25, 0.3) is 10.9 Å². The molecule has 2 aliphatic rings. The number of fused-ring (bicyclic) bond motifs is 2. The molecule has 3 heterocycles. The summed E-state index contributed by atoms with van der Waals surface area (Å²) < 4.78 is 7.50. The van der Waals surface area contributed by atoms with Crippen molar-refractivity contribution in [1.82, 2.24) is 14.4 Å². The smallest absolute Gasteiger partial charge is 0.222 e. The van der Waals surface area contributed by atoms with Gasteiger partial charge in [0.2, 0.25) is 5.91 Å². The Kier molecular flexibility index (Phi) is 7.11. The molecule has 1 aromatic heterocycles. The molecule has 4 rings (SSSR count). The van der Waals surface area contributed by atoms with Gasteiger partial charge in [-0.05, 0) is 62.7 Å². The van der Waals surface area contributed by atoms with Crippen molar-refractivity contribution in [3.63, 3.8) is 0 Å². The number of methoxy groups -OCH3 is 1. The molecular formula is C25H37N3O2. The number of hydrogen-bond donors (Lipinski definition) is 0. The van der Waals surface area contributed by atoms with Gasteiger partial charge in [0.05, 0.1) is 6.61 Å². The first-order chi connectivity index (χ1) is 14.7. The van der Waals surface area contributed by atoms with Crippen LogP contribution in [0.15, 0.2) is 30.5 Å². The third-order valence-electron chi connectivity index (χ3n) is 7.19. The summed E-state index contributed by atoms with van der Waals surface area (Å²) >= 11 is 0. The Morgan fingerprint density at radius 3 is 2.87 bits per heavy atom. The SMILES string of the molecule is COCCN(CC1CCCN2CCCCC12)C(=O)CCc1cn(C)c2ccccc12. The van der Waals surface area contributed by atoms with Crippen molar-refractivity contribution in [3.05, 3.63) is 36.0 Å². The monoisotopic (exact) mass is 411 g/mol.